The molecule has 1 saturated heterocycles. The van der Waals surface area contributed by atoms with Gasteiger partial charge in [-0.15, -0.1) is 0 Å². The maximum Gasteiger partial charge on any atom is 0.255 e. The molecule has 7 heteroatoms. The van der Waals surface area contributed by atoms with E-state index in [-0.39, 0.29) is 23.9 Å². The summed E-state index contributed by atoms with van der Waals surface area (Å²) in [7, 11) is 0. The lowest BCUT2D eigenvalue weighted by molar-refractivity contribution is -0.131. The summed E-state index contributed by atoms with van der Waals surface area (Å²) in [5.74, 6) is -0.0996. The van der Waals surface area contributed by atoms with Crippen LogP contribution in [0, 0.1) is 0 Å². The summed E-state index contributed by atoms with van der Waals surface area (Å²) in [6.07, 6.45) is 5.42. The number of hydrogen-bond acceptors (Lipinski definition) is 4. The van der Waals surface area contributed by atoms with Crippen molar-refractivity contribution in [2.45, 2.75) is 31.3 Å². The van der Waals surface area contributed by atoms with Gasteiger partial charge in [-0.2, -0.15) is 0 Å². The van der Waals surface area contributed by atoms with Crippen LogP contribution in [-0.2, 0) is 11.2 Å². The summed E-state index contributed by atoms with van der Waals surface area (Å²) >= 11 is 3.46. The van der Waals surface area contributed by atoms with Crippen LogP contribution in [0.2, 0.25) is 0 Å². The normalized spacial score (nSPS) is 16.6. The first-order valence-electron chi connectivity index (χ1n) is 10.6. The average molecular weight is 493 g/mol. The fraction of sp³-hybridized carbons (Fsp3) is 0.240. The number of benzene rings is 2. The van der Waals surface area contributed by atoms with Crippen molar-refractivity contribution in [2.24, 2.45) is 5.73 Å². The van der Waals surface area contributed by atoms with Crippen LogP contribution in [0.4, 0.5) is 5.69 Å². The Morgan fingerprint density at radius 3 is 2.59 bits per heavy atom. The highest BCUT2D eigenvalue weighted by molar-refractivity contribution is 9.10. The SMILES string of the molecule is NC(c1ccc(C(=O)Nc2ccncc2)cc1)C1CCCN1C(=O)Cc1cccc(Br)c1. The minimum atomic E-state index is -0.304. The van der Waals surface area contributed by atoms with E-state index < -0.39 is 0 Å². The van der Waals surface area contributed by atoms with Crippen molar-refractivity contribution in [1.82, 2.24) is 9.88 Å². The van der Waals surface area contributed by atoms with Crippen LogP contribution in [0.25, 0.3) is 0 Å². The Morgan fingerprint density at radius 2 is 1.88 bits per heavy atom. The third kappa shape index (κ3) is 5.23. The molecular formula is C25H25BrN4O2. The fourth-order valence-electron chi connectivity index (χ4n) is 4.12. The Labute approximate surface area is 196 Å². The lowest BCUT2D eigenvalue weighted by atomic mass is 9.96. The van der Waals surface area contributed by atoms with Crippen molar-refractivity contribution >= 4 is 33.4 Å². The molecule has 1 aromatic heterocycles. The molecule has 164 valence electrons. The molecule has 0 aliphatic carbocycles. The molecule has 1 aliphatic heterocycles. The van der Waals surface area contributed by atoms with Gasteiger partial charge in [-0.1, -0.05) is 40.2 Å². The van der Waals surface area contributed by atoms with Crippen LogP contribution in [0.3, 0.4) is 0 Å². The smallest absolute Gasteiger partial charge is 0.255 e. The molecule has 3 aromatic rings. The van der Waals surface area contributed by atoms with Crippen molar-refractivity contribution in [3.8, 4) is 0 Å². The summed E-state index contributed by atoms with van der Waals surface area (Å²) in [5.41, 5.74) is 9.72. The van der Waals surface area contributed by atoms with Gasteiger partial charge in [0.15, 0.2) is 0 Å². The maximum absolute atomic E-state index is 13.0. The van der Waals surface area contributed by atoms with Gasteiger partial charge in [-0.3, -0.25) is 14.6 Å². The van der Waals surface area contributed by atoms with Crippen molar-refractivity contribution < 1.29 is 9.59 Å². The molecule has 1 aliphatic rings. The number of rotatable bonds is 6. The zero-order valence-corrected chi connectivity index (χ0v) is 19.2. The number of hydrogen-bond donors (Lipinski definition) is 2. The van der Waals surface area contributed by atoms with Gasteiger partial charge in [0.25, 0.3) is 5.91 Å². The predicted molar refractivity (Wildman–Crippen MR) is 128 cm³/mol. The number of aromatic nitrogens is 1. The lowest BCUT2D eigenvalue weighted by Crippen LogP contribution is -2.42. The van der Waals surface area contributed by atoms with Crippen LogP contribution in [-0.4, -0.2) is 34.3 Å². The second-order valence-electron chi connectivity index (χ2n) is 7.94. The van der Waals surface area contributed by atoms with Gasteiger partial charge in [-0.05, 0) is 60.4 Å². The lowest BCUT2D eigenvalue weighted by Gasteiger charge is -2.30. The predicted octanol–water partition coefficient (Wildman–Crippen LogP) is 4.33. The molecule has 2 unspecified atom stereocenters. The second kappa shape index (κ2) is 10.1. The van der Waals surface area contributed by atoms with Crippen LogP contribution in [0.15, 0.2) is 77.5 Å². The average Bonchev–Trinajstić information content (AvgIpc) is 3.29. The van der Waals surface area contributed by atoms with Crippen LogP contribution < -0.4 is 11.1 Å². The minimum absolute atomic E-state index is 0.0499. The quantitative estimate of drug-likeness (QED) is 0.535. The van der Waals surface area contributed by atoms with E-state index in [2.05, 4.69) is 26.2 Å². The fourth-order valence-corrected chi connectivity index (χ4v) is 4.56. The van der Waals surface area contributed by atoms with Crippen LogP contribution in [0.1, 0.15) is 40.4 Å². The number of amides is 2. The van der Waals surface area contributed by atoms with E-state index in [0.29, 0.717) is 17.7 Å². The molecule has 3 N–H and O–H groups in total. The number of nitrogens with zero attached hydrogens (tertiary/aromatic N) is 2. The number of likely N-dealkylation sites (tertiary alicyclic amines) is 1. The van der Waals surface area contributed by atoms with Crippen LogP contribution >= 0.6 is 15.9 Å². The van der Waals surface area contributed by atoms with Crippen molar-refractivity contribution in [3.05, 3.63) is 94.2 Å². The molecule has 0 radical (unpaired) electrons. The molecule has 1 fully saturated rings. The summed E-state index contributed by atoms with van der Waals surface area (Å²) in [6, 6.07) is 18.2. The highest BCUT2D eigenvalue weighted by atomic mass is 79.9. The molecule has 2 atom stereocenters. The van der Waals surface area contributed by atoms with Gasteiger partial charge in [0, 0.05) is 34.7 Å². The van der Waals surface area contributed by atoms with Gasteiger partial charge < -0.3 is 16.0 Å². The maximum atomic E-state index is 13.0. The molecule has 6 nitrogen and oxygen atoms in total. The van der Waals surface area contributed by atoms with E-state index >= 15 is 0 Å². The molecule has 2 amide bonds. The highest BCUT2D eigenvalue weighted by Gasteiger charge is 2.33. The first-order chi connectivity index (χ1) is 15.5. The molecule has 0 bridgehead atoms. The molecule has 4 rings (SSSR count). The Hall–Kier alpha value is -3.03. The summed E-state index contributed by atoms with van der Waals surface area (Å²) in [6.45, 7) is 0.720. The molecule has 0 spiro atoms. The van der Waals surface area contributed by atoms with Gasteiger partial charge >= 0.3 is 0 Å². The number of nitrogens with one attached hydrogen (secondary N) is 1. The summed E-state index contributed by atoms with van der Waals surface area (Å²) in [4.78, 5) is 31.3. The molecule has 0 saturated carbocycles. The standard InChI is InChI=1S/C25H25BrN4O2/c26-20-4-1-3-17(15-20)16-23(31)30-14-2-5-22(30)24(27)18-6-8-19(9-7-18)25(32)29-21-10-12-28-13-11-21/h1,3-4,6-13,15,22,24H,2,5,14,16,27H2,(H,28,29,32). The monoisotopic (exact) mass is 492 g/mol. The van der Waals surface area contributed by atoms with E-state index in [4.69, 9.17) is 5.73 Å². The first-order valence-corrected chi connectivity index (χ1v) is 11.4. The number of carbonyl (C=O) groups is 2. The largest absolute Gasteiger partial charge is 0.338 e. The molecular weight excluding hydrogens is 468 g/mol. The summed E-state index contributed by atoms with van der Waals surface area (Å²) in [5, 5.41) is 2.84. The number of nitrogens with two attached hydrogens (primary N) is 1. The van der Waals surface area contributed by atoms with Crippen LogP contribution in [0.5, 0.6) is 0 Å². The second-order valence-corrected chi connectivity index (χ2v) is 8.86. The third-order valence-electron chi connectivity index (χ3n) is 5.77. The van der Waals surface area contributed by atoms with E-state index in [1.807, 2.05) is 41.3 Å². The van der Waals surface area contributed by atoms with Crippen molar-refractivity contribution in [1.29, 1.82) is 0 Å². The van der Waals surface area contributed by atoms with E-state index in [0.717, 1.165) is 35.0 Å². The van der Waals surface area contributed by atoms with E-state index in [1.54, 1.807) is 36.7 Å². The Morgan fingerprint density at radius 1 is 1.12 bits per heavy atom. The topological polar surface area (TPSA) is 88.3 Å². The summed E-state index contributed by atoms with van der Waals surface area (Å²) < 4.78 is 0.963. The zero-order valence-electron chi connectivity index (χ0n) is 17.6. The number of pyridine rings is 1. The third-order valence-corrected chi connectivity index (χ3v) is 6.27. The van der Waals surface area contributed by atoms with Gasteiger partial charge in [0.1, 0.15) is 0 Å². The molecule has 32 heavy (non-hydrogen) atoms. The number of halogens is 1. The minimum Gasteiger partial charge on any atom is -0.338 e. The van der Waals surface area contributed by atoms with Gasteiger partial charge in [0.2, 0.25) is 5.91 Å². The zero-order chi connectivity index (χ0) is 22.5. The van der Waals surface area contributed by atoms with Gasteiger partial charge in [0.05, 0.1) is 18.5 Å². The highest BCUT2D eigenvalue weighted by Crippen LogP contribution is 2.29. The van der Waals surface area contributed by atoms with Crippen molar-refractivity contribution in [2.75, 3.05) is 11.9 Å². The molecule has 2 aromatic carbocycles. The first kappa shape index (κ1) is 22.2. The molecule has 2 heterocycles. The Bertz CT molecular complexity index is 1090. The number of anilines is 1. The Kier molecular flexibility index (Phi) is 6.97. The number of carbonyl (C=O) groups excluding carboxylic acids is 2. The Balaban J connectivity index is 1.41. The van der Waals surface area contributed by atoms with E-state index in [1.165, 1.54) is 0 Å². The van der Waals surface area contributed by atoms with E-state index in [9.17, 15) is 9.59 Å². The van der Waals surface area contributed by atoms with Crippen molar-refractivity contribution in [3.63, 3.8) is 0 Å². The van der Waals surface area contributed by atoms with Gasteiger partial charge in [-0.25, -0.2) is 0 Å².